The molecule has 0 unspecified atom stereocenters. The number of thiazole rings is 1. The Kier molecular flexibility index (Phi) is 7.52. The van der Waals surface area contributed by atoms with Crippen LogP contribution in [0.3, 0.4) is 0 Å². The number of nitrogens with one attached hydrogen (secondary N) is 2. The fourth-order valence-corrected chi connectivity index (χ4v) is 3.84. The molecule has 2 amide bonds. The molecule has 2 aromatic heterocycles. The van der Waals surface area contributed by atoms with Gasteiger partial charge in [-0.05, 0) is 41.7 Å². The van der Waals surface area contributed by atoms with Gasteiger partial charge < -0.3 is 10.6 Å². The van der Waals surface area contributed by atoms with Crippen molar-refractivity contribution in [3.8, 4) is 11.3 Å². The van der Waals surface area contributed by atoms with Gasteiger partial charge in [0.1, 0.15) is 0 Å². The van der Waals surface area contributed by atoms with E-state index in [1.807, 2.05) is 29.6 Å². The van der Waals surface area contributed by atoms with Gasteiger partial charge in [0, 0.05) is 41.9 Å². The number of rotatable bonds is 8. The molecule has 3 aromatic rings. The molecule has 0 spiro atoms. The summed E-state index contributed by atoms with van der Waals surface area (Å²) in [5.41, 5.74) is 3.75. The van der Waals surface area contributed by atoms with Gasteiger partial charge in [-0.25, -0.2) is 4.98 Å². The van der Waals surface area contributed by atoms with Crippen LogP contribution >= 0.6 is 11.3 Å². The molecular formula is C24H28N4O2S. The third-order valence-corrected chi connectivity index (χ3v) is 5.75. The third kappa shape index (κ3) is 6.72. The number of hydrogen-bond acceptors (Lipinski definition) is 5. The number of hydrogen-bond donors (Lipinski definition) is 2. The number of carbonyl (C=O) groups is 2. The number of amides is 2. The first-order valence-corrected chi connectivity index (χ1v) is 11.2. The minimum absolute atomic E-state index is 0.0358. The van der Waals surface area contributed by atoms with E-state index >= 15 is 0 Å². The third-order valence-electron chi connectivity index (χ3n) is 4.84. The van der Waals surface area contributed by atoms with Crippen molar-refractivity contribution in [2.45, 2.75) is 39.0 Å². The Morgan fingerprint density at radius 3 is 2.39 bits per heavy atom. The average Bonchev–Trinajstić information content (AvgIpc) is 3.24. The van der Waals surface area contributed by atoms with Crippen molar-refractivity contribution in [3.63, 3.8) is 0 Å². The van der Waals surface area contributed by atoms with E-state index in [-0.39, 0.29) is 23.8 Å². The molecule has 0 bridgehead atoms. The smallest absolute Gasteiger partial charge is 0.251 e. The van der Waals surface area contributed by atoms with Gasteiger partial charge in [-0.15, -0.1) is 11.3 Å². The Morgan fingerprint density at radius 1 is 1.00 bits per heavy atom. The largest absolute Gasteiger partial charge is 0.355 e. The minimum atomic E-state index is -0.248. The van der Waals surface area contributed by atoms with Gasteiger partial charge in [-0.1, -0.05) is 32.9 Å². The molecule has 0 saturated carbocycles. The first-order valence-electron chi connectivity index (χ1n) is 10.3. The van der Waals surface area contributed by atoms with E-state index < -0.39 is 0 Å². The first kappa shape index (κ1) is 22.6. The lowest BCUT2D eigenvalue weighted by Crippen LogP contribution is -2.37. The van der Waals surface area contributed by atoms with Crippen molar-refractivity contribution < 1.29 is 9.59 Å². The van der Waals surface area contributed by atoms with Crippen LogP contribution in [0.5, 0.6) is 0 Å². The number of benzene rings is 1. The summed E-state index contributed by atoms with van der Waals surface area (Å²) in [4.78, 5) is 32.9. The SMILES string of the molecule is CC(C)(C)c1ccc(C(=O)NCC(=O)NCCCc2nc(-c3ccncc3)cs2)cc1. The minimum Gasteiger partial charge on any atom is -0.355 e. The number of aryl methyl sites for hydroxylation is 1. The maximum atomic E-state index is 12.2. The molecule has 0 radical (unpaired) electrons. The monoisotopic (exact) mass is 436 g/mol. The molecule has 0 aliphatic carbocycles. The molecule has 0 aliphatic heterocycles. The number of aromatic nitrogens is 2. The van der Waals surface area contributed by atoms with E-state index in [1.54, 1.807) is 35.9 Å². The van der Waals surface area contributed by atoms with Crippen molar-refractivity contribution in [3.05, 3.63) is 70.3 Å². The second kappa shape index (κ2) is 10.3. The van der Waals surface area contributed by atoms with E-state index in [4.69, 9.17) is 0 Å². The Hall–Kier alpha value is -3.06. The van der Waals surface area contributed by atoms with Crippen LogP contribution in [0, 0.1) is 0 Å². The lowest BCUT2D eigenvalue weighted by Gasteiger charge is -2.19. The van der Waals surface area contributed by atoms with E-state index in [1.165, 1.54) is 0 Å². The number of pyridine rings is 1. The molecule has 2 heterocycles. The summed E-state index contributed by atoms with van der Waals surface area (Å²) in [6, 6.07) is 11.4. The molecule has 1 aromatic carbocycles. The van der Waals surface area contributed by atoms with Crippen LogP contribution in [0.4, 0.5) is 0 Å². The topological polar surface area (TPSA) is 84.0 Å². The predicted octanol–water partition coefficient (Wildman–Crippen LogP) is 3.98. The van der Waals surface area contributed by atoms with Gasteiger partial charge in [0.05, 0.1) is 17.2 Å². The zero-order valence-corrected chi connectivity index (χ0v) is 19.0. The standard InChI is InChI=1S/C24H28N4O2S/c1-24(2,3)19-8-6-18(7-9-19)23(30)27-15-21(29)26-12-4-5-22-28-20(16-31-22)17-10-13-25-14-11-17/h6-11,13-14,16H,4-5,12,15H2,1-3H3,(H,26,29)(H,27,30). The zero-order chi connectivity index (χ0) is 22.3. The quantitative estimate of drug-likeness (QED) is 0.523. The summed E-state index contributed by atoms with van der Waals surface area (Å²) < 4.78 is 0. The Balaban J connectivity index is 1.36. The van der Waals surface area contributed by atoms with Gasteiger partial charge in [0.25, 0.3) is 5.91 Å². The van der Waals surface area contributed by atoms with Crippen molar-refractivity contribution in [1.82, 2.24) is 20.6 Å². The van der Waals surface area contributed by atoms with Crippen LogP contribution in [-0.4, -0.2) is 34.9 Å². The second-order valence-electron chi connectivity index (χ2n) is 8.33. The van der Waals surface area contributed by atoms with Crippen LogP contribution in [-0.2, 0) is 16.6 Å². The molecular weight excluding hydrogens is 408 g/mol. The Bertz CT molecular complexity index is 1010. The van der Waals surface area contributed by atoms with Crippen LogP contribution in [0.2, 0.25) is 0 Å². The predicted molar refractivity (Wildman–Crippen MR) is 124 cm³/mol. The fourth-order valence-electron chi connectivity index (χ4n) is 3.00. The summed E-state index contributed by atoms with van der Waals surface area (Å²) in [7, 11) is 0. The number of nitrogens with zero attached hydrogens (tertiary/aromatic N) is 2. The Morgan fingerprint density at radius 2 is 1.71 bits per heavy atom. The van der Waals surface area contributed by atoms with Crippen LogP contribution in [0.1, 0.15) is 48.1 Å². The molecule has 0 saturated heterocycles. The van der Waals surface area contributed by atoms with Crippen molar-refractivity contribution >= 4 is 23.2 Å². The summed E-state index contributed by atoms with van der Waals surface area (Å²) in [5, 5.41) is 8.58. The van der Waals surface area contributed by atoms with Gasteiger partial charge in [0.15, 0.2) is 0 Å². The van der Waals surface area contributed by atoms with E-state index in [0.29, 0.717) is 12.1 Å². The first-order chi connectivity index (χ1) is 14.8. The Labute approximate surface area is 187 Å². The van der Waals surface area contributed by atoms with Crippen molar-refractivity contribution in [2.24, 2.45) is 0 Å². The molecule has 0 fully saturated rings. The van der Waals surface area contributed by atoms with E-state index in [9.17, 15) is 9.59 Å². The van der Waals surface area contributed by atoms with Crippen molar-refractivity contribution in [1.29, 1.82) is 0 Å². The number of carbonyl (C=O) groups excluding carboxylic acids is 2. The highest BCUT2D eigenvalue weighted by Gasteiger charge is 2.14. The molecule has 31 heavy (non-hydrogen) atoms. The van der Waals surface area contributed by atoms with Crippen molar-refractivity contribution in [2.75, 3.05) is 13.1 Å². The molecule has 0 aliphatic rings. The lowest BCUT2D eigenvalue weighted by atomic mass is 9.87. The van der Waals surface area contributed by atoms with Gasteiger partial charge in [-0.3, -0.25) is 14.6 Å². The summed E-state index contributed by atoms with van der Waals surface area (Å²) in [6.45, 7) is 6.88. The normalized spacial score (nSPS) is 11.2. The zero-order valence-electron chi connectivity index (χ0n) is 18.1. The van der Waals surface area contributed by atoms with Gasteiger partial charge in [0.2, 0.25) is 5.91 Å². The average molecular weight is 437 g/mol. The highest BCUT2D eigenvalue weighted by molar-refractivity contribution is 7.09. The van der Waals surface area contributed by atoms with Crippen LogP contribution in [0.15, 0.2) is 54.2 Å². The summed E-state index contributed by atoms with van der Waals surface area (Å²) in [6.07, 6.45) is 5.09. The molecule has 6 nitrogen and oxygen atoms in total. The van der Waals surface area contributed by atoms with E-state index in [0.717, 1.165) is 34.7 Å². The highest BCUT2D eigenvalue weighted by atomic mass is 32.1. The second-order valence-corrected chi connectivity index (χ2v) is 9.27. The summed E-state index contributed by atoms with van der Waals surface area (Å²) in [5.74, 6) is -0.446. The van der Waals surface area contributed by atoms with Gasteiger partial charge in [-0.2, -0.15) is 0 Å². The maximum absolute atomic E-state index is 12.2. The molecule has 7 heteroatoms. The van der Waals surface area contributed by atoms with Crippen LogP contribution < -0.4 is 10.6 Å². The maximum Gasteiger partial charge on any atom is 0.251 e. The molecule has 3 rings (SSSR count). The highest BCUT2D eigenvalue weighted by Crippen LogP contribution is 2.22. The fraction of sp³-hybridized carbons (Fsp3) is 0.333. The van der Waals surface area contributed by atoms with Crippen LogP contribution in [0.25, 0.3) is 11.3 Å². The molecule has 162 valence electrons. The van der Waals surface area contributed by atoms with E-state index in [2.05, 4.69) is 41.4 Å². The molecule has 2 N–H and O–H groups in total. The molecule has 0 atom stereocenters. The van der Waals surface area contributed by atoms with Gasteiger partial charge >= 0.3 is 0 Å². The lowest BCUT2D eigenvalue weighted by molar-refractivity contribution is -0.120. The summed E-state index contributed by atoms with van der Waals surface area (Å²) >= 11 is 1.62.